The summed E-state index contributed by atoms with van der Waals surface area (Å²) in [5, 5.41) is 10.9. The number of hydrogen-bond donors (Lipinski definition) is 3. The average molecular weight is 538 g/mol. The lowest BCUT2D eigenvalue weighted by atomic mass is 10.0. The maximum atomic E-state index is 13.2. The quantitative estimate of drug-likeness (QED) is 0.195. The second kappa shape index (κ2) is 12.6. The Morgan fingerprint density at radius 1 is 0.919 bits per heavy atom. The summed E-state index contributed by atoms with van der Waals surface area (Å²) in [6, 6.07) is 19.9. The lowest BCUT2D eigenvalue weighted by Gasteiger charge is -2.21. The Kier molecular flexibility index (Phi) is 9.04. The molecule has 9 heteroatoms. The Bertz CT molecular complexity index is 1310. The van der Waals surface area contributed by atoms with Crippen LogP contribution in [0.15, 0.2) is 77.4 Å². The highest BCUT2D eigenvalue weighted by Crippen LogP contribution is 2.24. The molecule has 0 aliphatic carbocycles. The highest BCUT2D eigenvalue weighted by molar-refractivity contribution is 6.30. The summed E-state index contributed by atoms with van der Waals surface area (Å²) in [7, 11) is 0. The first-order valence-electron chi connectivity index (χ1n) is 12.1. The van der Waals surface area contributed by atoms with Crippen LogP contribution >= 0.6 is 23.2 Å². The van der Waals surface area contributed by atoms with E-state index in [0.29, 0.717) is 52.8 Å². The molecule has 2 heterocycles. The van der Waals surface area contributed by atoms with Gasteiger partial charge < -0.3 is 20.4 Å². The first kappa shape index (κ1) is 26.5. The summed E-state index contributed by atoms with van der Waals surface area (Å²) in [6.07, 6.45) is 2.22. The molecule has 0 saturated heterocycles. The van der Waals surface area contributed by atoms with Crippen LogP contribution in [0.5, 0.6) is 0 Å². The second-order valence-corrected chi connectivity index (χ2v) is 9.97. The summed E-state index contributed by atoms with van der Waals surface area (Å²) in [4.78, 5) is 22.4. The number of halogens is 2. The highest BCUT2D eigenvalue weighted by Gasteiger charge is 2.21. The van der Waals surface area contributed by atoms with Crippen molar-refractivity contribution in [2.24, 2.45) is 5.92 Å². The second-order valence-electron chi connectivity index (χ2n) is 9.09. The van der Waals surface area contributed by atoms with Gasteiger partial charge in [0.1, 0.15) is 17.6 Å². The molecule has 0 radical (unpaired) electrons. The van der Waals surface area contributed by atoms with Crippen molar-refractivity contribution >= 4 is 40.9 Å². The molecular formula is C28H29Cl2N5O2. The molecule has 0 unspecified atom stereocenters. The Balaban J connectivity index is 1.53. The van der Waals surface area contributed by atoms with Crippen LogP contribution < -0.4 is 16.0 Å². The highest BCUT2D eigenvalue weighted by atomic mass is 35.5. The molecule has 1 amide bonds. The third kappa shape index (κ3) is 7.97. The number of carbonyl (C=O) groups excluding carboxylic acids is 1. The molecule has 2 aromatic heterocycles. The number of benzene rings is 2. The van der Waals surface area contributed by atoms with Crippen LogP contribution in [0.2, 0.25) is 10.0 Å². The van der Waals surface area contributed by atoms with Crippen molar-refractivity contribution in [3.63, 3.8) is 0 Å². The molecule has 1 atom stereocenters. The fraction of sp³-hybridized carbons (Fsp3) is 0.250. The SMILES string of the molecule is CC(C)C[C@@H](Nc1cc(-c2ccco2)nc(NCc2cccc(Cl)c2)n1)C(=O)NCc1ccc(Cl)cc1. The van der Waals surface area contributed by atoms with Gasteiger partial charge in [-0.05, 0) is 59.9 Å². The number of rotatable bonds is 11. The lowest BCUT2D eigenvalue weighted by Crippen LogP contribution is -2.40. The number of amides is 1. The van der Waals surface area contributed by atoms with E-state index in [4.69, 9.17) is 27.6 Å². The van der Waals surface area contributed by atoms with Crippen LogP contribution in [-0.2, 0) is 17.9 Å². The third-order valence-electron chi connectivity index (χ3n) is 5.57. The van der Waals surface area contributed by atoms with E-state index < -0.39 is 6.04 Å². The summed E-state index contributed by atoms with van der Waals surface area (Å²) < 4.78 is 5.57. The normalized spacial score (nSPS) is 11.8. The Labute approximate surface area is 226 Å². The molecule has 0 fully saturated rings. The number of aromatic nitrogens is 2. The summed E-state index contributed by atoms with van der Waals surface area (Å²) in [6.45, 7) is 5.04. The van der Waals surface area contributed by atoms with Gasteiger partial charge in [0, 0.05) is 29.2 Å². The Morgan fingerprint density at radius 2 is 1.73 bits per heavy atom. The summed E-state index contributed by atoms with van der Waals surface area (Å²) in [5.41, 5.74) is 2.56. The van der Waals surface area contributed by atoms with E-state index in [9.17, 15) is 4.79 Å². The molecule has 7 nitrogen and oxygen atoms in total. The Hall–Kier alpha value is -3.55. The van der Waals surface area contributed by atoms with Crippen LogP contribution in [-0.4, -0.2) is 21.9 Å². The first-order chi connectivity index (χ1) is 17.9. The van der Waals surface area contributed by atoms with E-state index in [0.717, 1.165) is 11.1 Å². The number of furan rings is 1. The van der Waals surface area contributed by atoms with Crippen molar-refractivity contribution in [3.05, 3.63) is 94.2 Å². The van der Waals surface area contributed by atoms with Crippen molar-refractivity contribution in [1.82, 2.24) is 15.3 Å². The van der Waals surface area contributed by atoms with Gasteiger partial charge in [-0.2, -0.15) is 4.98 Å². The van der Waals surface area contributed by atoms with E-state index in [-0.39, 0.29) is 11.8 Å². The Morgan fingerprint density at radius 3 is 2.43 bits per heavy atom. The number of hydrogen-bond acceptors (Lipinski definition) is 6. The summed E-state index contributed by atoms with van der Waals surface area (Å²) >= 11 is 12.1. The molecule has 4 aromatic rings. The number of nitrogens with zero attached hydrogens (tertiary/aromatic N) is 2. The van der Waals surface area contributed by atoms with Gasteiger partial charge in [0.2, 0.25) is 11.9 Å². The molecular weight excluding hydrogens is 509 g/mol. The predicted molar refractivity (Wildman–Crippen MR) is 149 cm³/mol. The van der Waals surface area contributed by atoms with Crippen molar-refractivity contribution in [1.29, 1.82) is 0 Å². The van der Waals surface area contributed by atoms with Crippen molar-refractivity contribution in [2.75, 3.05) is 10.6 Å². The van der Waals surface area contributed by atoms with Crippen LogP contribution in [0.4, 0.5) is 11.8 Å². The predicted octanol–water partition coefficient (Wildman–Crippen LogP) is 6.80. The topological polar surface area (TPSA) is 92.1 Å². The van der Waals surface area contributed by atoms with Gasteiger partial charge >= 0.3 is 0 Å². The molecule has 4 rings (SSSR count). The van der Waals surface area contributed by atoms with Gasteiger partial charge in [0.15, 0.2) is 5.76 Å². The largest absolute Gasteiger partial charge is 0.463 e. The lowest BCUT2D eigenvalue weighted by molar-refractivity contribution is -0.122. The van der Waals surface area contributed by atoms with Crippen molar-refractivity contribution in [2.45, 2.75) is 39.4 Å². The van der Waals surface area contributed by atoms with Gasteiger partial charge in [0.05, 0.1) is 6.26 Å². The van der Waals surface area contributed by atoms with Gasteiger partial charge in [-0.1, -0.05) is 61.3 Å². The summed E-state index contributed by atoms with van der Waals surface area (Å²) in [5.74, 6) is 1.69. The van der Waals surface area contributed by atoms with Crippen LogP contribution in [0.1, 0.15) is 31.4 Å². The first-order valence-corrected chi connectivity index (χ1v) is 12.8. The fourth-order valence-electron chi connectivity index (χ4n) is 3.77. The van der Waals surface area contributed by atoms with Gasteiger partial charge in [-0.25, -0.2) is 4.98 Å². The number of anilines is 2. The minimum atomic E-state index is -0.493. The van der Waals surface area contributed by atoms with Gasteiger partial charge in [-0.3, -0.25) is 4.79 Å². The van der Waals surface area contributed by atoms with E-state index in [1.54, 1.807) is 18.4 Å². The maximum Gasteiger partial charge on any atom is 0.242 e. The molecule has 0 bridgehead atoms. The zero-order valence-corrected chi connectivity index (χ0v) is 22.2. The van der Waals surface area contributed by atoms with E-state index in [1.807, 2.05) is 54.6 Å². The fourth-order valence-corrected chi connectivity index (χ4v) is 4.11. The van der Waals surface area contributed by atoms with E-state index in [2.05, 4.69) is 39.8 Å². The van der Waals surface area contributed by atoms with E-state index >= 15 is 0 Å². The molecule has 2 aromatic carbocycles. The number of carbonyl (C=O) groups is 1. The van der Waals surface area contributed by atoms with Gasteiger partial charge in [-0.15, -0.1) is 0 Å². The smallest absolute Gasteiger partial charge is 0.242 e. The minimum Gasteiger partial charge on any atom is -0.463 e. The molecule has 37 heavy (non-hydrogen) atoms. The van der Waals surface area contributed by atoms with Crippen molar-refractivity contribution in [3.8, 4) is 11.5 Å². The number of nitrogens with one attached hydrogen (secondary N) is 3. The standard InChI is InChI=1S/C28H29Cl2N5O2/c1-18(2)13-24(27(36)31-16-19-8-10-21(29)11-9-19)33-26-15-23(25-7-4-12-37-25)34-28(35-26)32-17-20-5-3-6-22(30)14-20/h3-12,14-15,18,24H,13,16-17H2,1-2H3,(H,31,36)(H2,32,33,34,35)/t24-/m1/s1. The molecule has 192 valence electrons. The van der Waals surface area contributed by atoms with E-state index in [1.165, 1.54) is 0 Å². The third-order valence-corrected chi connectivity index (χ3v) is 6.05. The van der Waals surface area contributed by atoms with Crippen LogP contribution in [0.3, 0.4) is 0 Å². The zero-order valence-electron chi connectivity index (χ0n) is 20.7. The molecule has 0 spiro atoms. The monoisotopic (exact) mass is 537 g/mol. The zero-order chi connectivity index (χ0) is 26.2. The van der Waals surface area contributed by atoms with Gasteiger partial charge in [0.25, 0.3) is 0 Å². The van der Waals surface area contributed by atoms with Crippen molar-refractivity contribution < 1.29 is 9.21 Å². The minimum absolute atomic E-state index is 0.116. The molecule has 3 N–H and O–H groups in total. The average Bonchev–Trinajstić information content (AvgIpc) is 3.42. The maximum absolute atomic E-state index is 13.2. The molecule has 0 aliphatic rings. The van der Waals surface area contributed by atoms with Crippen LogP contribution in [0.25, 0.3) is 11.5 Å². The molecule has 0 aliphatic heterocycles. The molecule has 0 saturated carbocycles. The van der Waals surface area contributed by atoms with Crippen LogP contribution in [0, 0.1) is 5.92 Å².